The van der Waals surface area contributed by atoms with Gasteiger partial charge in [-0.2, -0.15) is 19.0 Å². The van der Waals surface area contributed by atoms with E-state index in [1.807, 2.05) is 13.0 Å². The van der Waals surface area contributed by atoms with E-state index in [2.05, 4.69) is 27.4 Å². The highest BCUT2D eigenvalue weighted by Gasteiger charge is 2.55. The van der Waals surface area contributed by atoms with Gasteiger partial charge in [-0.05, 0) is 74.4 Å². The maximum Gasteiger partial charge on any atom is 0.292 e. The van der Waals surface area contributed by atoms with Crippen molar-refractivity contribution in [3.8, 4) is 23.0 Å². The van der Waals surface area contributed by atoms with Crippen LogP contribution in [0, 0.1) is 36.3 Å². The fourth-order valence-electron chi connectivity index (χ4n) is 6.99. The van der Waals surface area contributed by atoms with E-state index in [0.717, 1.165) is 17.7 Å². The Kier molecular flexibility index (Phi) is 9.57. The number of rotatable bonds is 8. The molecule has 0 radical (unpaired) electrons. The summed E-state index contributed by atoms with van der Waals surface area (Å²) >= 11 is 0. The summed E-state index contributed by atoms with van der Waals surface area (Å²) in [6.07, 6.45) is -3.42. The molecule has 278 valence electrons. The molecule has 1 amide bonds. The molecule has 3 heterocycles. The lowest BCUT2D eigenvalue weighted by Crippen LogP contribution is -2.35. The van der Waals surface area contributed by atoms with Crippen LogP contribution in [0.4, 0.5) is 32.2 Å². The third-order valence-electron chi connectivity index (χ3n) is 9.57. The van der Waals surface area contributed by atoms with Gasteiger partial charge >= 0.3 is 0 Å². The van der Waals surface area contributed by atoms with Crippen molar-refractivity contribution < 1.29 is 36.2 Å². The maximum atomic E-state index is 15.5. The molecule has 0 saturated carbocycles. The van der Waals surface area contributed by atoms with E-state index in [1.165, 1.54) is 27.7 Å². The number of carbonyl (C=O) groups excluding carboxylic acids is 1. The highest BCUT2D eigenvalue weighted by atomic mass is 19.3. The first-order valence-electron chi connectivity index (χ1n) is 16.8. The minimum atomic E-state index is -3.56. The van der Waals surface area contributed by atoms with E-state index >= 15 is 8.78 Å². The molecule has 6 rings (SSSR count). The first-order chi connectivity index (χ1) is 24.8. The van der Waals surface area contributed by atoms with Crippen LogP contribution >= 0.6 is 0 Å². The van der Waals surface area contributed by atoms with Crippen LogP contribution in [0.25, 0.3) is 22.0 Å². The number of hydrogen-bond donors (Lipinski definition) is 3. The number of hydrogen-bond acceptors (Lipinski definition) is 6. The Bertz CT molecular complexity index is 2300. The number of aromatic nitrogens is 5. The summed E-state index contributed by atoms with van der Waals surface area (Å²) in [6, 6.07) is 8.50. The van der Waals surface area contributed by atoms with Gasteiger partial charge in [-0.15, -0.1) is 0 Å². The van der Waals surface area contributed by atoms with Crippen molar-refractivity contribution in [2.75, 3.05) is 5.73 Å². The SMILES string of the molecule is Cc1ccc(-c2ccc(C#CC(C)(C)O)nc2[C@H](Cc2cc(F)cc(F)c2)NC(=O)Cn2nc(C(F)F)c3c2C(F)(F)[C@H](C)[C@@H]3C)c2c1c(N)nn2C. The number of nitrogens with zero attached hydrogens (tertiary/aromatic N) is 5. The Labute approximate surface area is 301 Å². The first-order valence-corrected chi connectivity index (χ1v) is 16.8. The van der Waals surface area contributed by atoms with Crippen LogP contribution in [0.1, 0.15) is 85.5 Å². The van der Waals surface area contributed by atoms with Crippen molar-refractivity contribution in [1.82, 2.24) is 29.9 Å². The molecule has 0 unspecified atom stereocenters. The molecule has 3 aromatic heterocycles. The standard InChI is InChI=1S/C38H37F6N7O2/c1-18-7-9-26(33-29(18)36(45)49-50(33)6)25-10-8-24(11-12-37(4,5)53)46-31(25)27(15-21-13-22(39)16-23(40)14-21)47-28(52)17-51-34-30(32(48-51)35(41)42)19(2)20(3)38(34,43)44/h7-10,13-14,16,19-20,27,35,53H,15,17H2,1-6H3,(H2,45,49)(H,47,52)/t19-,20+,27-/m0/s1. The third kappa shape index (κ3) is 7.07. The van der Waals surface area contributed by atoms with Crippen molar-refractivity contribution in [3.05, 3.63) is 93.6 Å². The molecule has 53 heavy (non-hydrogen) atoms. The Morgan fingerprint density at radius 1 is 1.06 bits per heavy atom. The van der Waals surface area contributed by atoms with Gasteiger partial charge in [-0.3, -0.25) is 14.2 Å². The molecule has 1 aliphatic carbocycles. The van der Waals surface area contributed by atoms with Gasteiger partial charge in [0.15, 0.2) is 5.82 Å². The molecule has 0 bridgehead atoms. The predicted molar refractivity (Wildman–Crippen MR) is 186 cm³/mol. The topological polar surface area (TPSA) is 124 Å². The lowest BCUT2D eigenvalue weighted by Gasteiger charge is -2.23. The minimum absolute atomic E-state index is 0.113. The number of benzene rings is 2. The zero-order valence-electron chi connectivity index (χ0n) is 29.7. The van der Waals surface area contributed by atoms with E-state index in [9.17, 15) is 27.5 Å². The number of nitrogens with one attached hydrogen (secondary N) is 1. The zero-order chi connectivity index (χ0) is 38.7. The molecular formula is C38H37F6N7O2. The number of nitrogens with two attached hydrogens (primary N) is 1. The lowest BCUT2D eigenvalue weighted by molar-refractivity contribution is -0.123. The molecule has 0 aliphatic heterocycles. The number of fused-ring (bicyclic) bond motifs is 2. The molecule has 0 fully saturated rings. The van der Waals surface area contributed by atoms with E-state index in [1.54, 1.807) is 29.9 Å². The molecule has 2 aromatic carbocycles. The van der Waals surface area contributed by atoms with Crippen LogP contribution in [0.15, 0.2) is 42.5 Å². The average Bonchev–Trinajstić information content (AvgIpc) is 3.65. The molecule has 0 spiro atoms. The van der Waals surface area contributed by atoms with E-state index in [0.29, 0.717) is 32.8 Å². The van der Waals surface area contributed by atoms with Crippen LogP contribution in [0.2, 0.25) is 0 Å². The summed E-state index contributed by atoms with van der Waals surface area (Å²) in [4.78, 5) is 18.7. The molecule has 5 aromatic rings. The van der Waals surface area contributed by atoms with E-state index in [-0.39, 0.29) is 34.8 Å². The molecule has 0 saturated heterocycles. The fourth-order valence-corrected chi connectivity index (χ4v) is 6.99. The van der Waals surface area contributed by atoms with Crippen molar-refractivity contribution in [3.63, 3.8) is 0 Å². The molecule has 1 aliphatic rings. The zero-order valence-corrected chi connectivity index (χ0v) is 29.7. The molecule has 4 N–H and O–H groups in total. The van der Waals surface area contributed by atoms with Crippen molar-refractivity contribution in [2.24, 2.45) is 13.0 Å². The van der Waals surface area contributed by atoms with Gasteiger partial charge in [0, 0.05) is 41.1 Å². The monoisotopic (exact) mass is 737 g/mol. The number of halogens is 6. The molecule has 9 nitrogen and oxygen atoms in total. The van der Waals surface area contributed by atoms with Gasteiger partial charge in [0.05, 0.1) is 17.3 Å². The number of amides is 1. The van der Waals surface area contributed by atoms with Crippen LogP contribution < -0.4 is 11.1 Å². The first kappa shape index (κ1) is 37.4. The summed E-state index contributed by atoms with van der Waals surface area (Å²) in [5.41, 5.74) is 5.86. The predicted octanol–water partition coefficient (Wildman–Crippen LogP) is 7.01. The van der Waals surface area contributed by atoms with Gasteiger partial charge in [0.1, 0.15) is 40.9 Å². The maximum absolute atomic E-state index is 15.5. The van der Waals surface area contributed by atoms with Crippen molar-refractivity contribution in [2.45, 2.75) is 77.5 Å². The summed E-state index contributed by atoms with van der Waals surface area (Å²) in [7, 11) is 1.69. The highest BCUT2D eigenvalue weighted by molar-refractivity contribution is 6.02. The van der Waals surface area contributed by atoms with Gasteiger partial charge in [0.2, 0.25) is 5.91 Å². The van der Waals surface area contributed by atoms with Crippen LogP contribution in [-0.2, 0) is 30.7 Å². The minimum Gasteiger partial charge on any atom is -0.382 e. The molecule has 15 heteroatoms. The van der Waals surface area contributed by atoms with Gasteiger partial charge in [-0.1, -0.05) is 31.9 Å². The second kappa shape index (κ2) is 13.6. The summed E-state index contributed by atoms with van der Waals surface area (Å²) in [5.74, 6) is -2.77. The van der Waals surface area contributed by atoms with Crippen molar-refractivity contribution >= 4 is 22.6 Å². The van der Waals surface area contributed by atoms with Crippen LogP contribution in [-0.4, -0.2) is 41.2 Å². The Morgan fingerprint density at radius 3 is 2.36 bits per heavy atom. The quantitative estimate of drug-likeness (QED) is 0.116. The van der Waals surface area contributed by atoms with Gasteiger partial charge in [-0.25, -0.2) is 22.5 Å². The number of anilines is 1. The summed E-state index contributed by atoms with van der Waals surface area (Å²) < 4.78 is 90.4. The number of carbonyl (C=O) groups is 1. The molecule has 3 atom stereocenters. The largest absolute Gasteiger partial charge is 0.382 e. The second-order valence-electron chi connectivity index (χ2n) is 14.0. The Balaban J connectivity index is 1.52. The number of aliphatic hydroxyl groups is 1. The van der Waals surface area contributed by atoms with Crippen LogP contribution in [0.3, 0.4) is 0 Å². The number of alkyl halides is 4. The third-order valence-corrected chi connectivity index (χ3v) is 9.57. The Morgan fingerprint density at radius 2 is 1.72 bits per heavy atom. The Hall–Kier alpha value is -5.36. The second-order valence-corrected chi connectivity index (χ2v) is 14.0. The number of aryl methyl sites for hydroxylation is 2. The lowest BCUT2D eigenvalue weighted by atomic mass is 9.93. The summed E-state index contributed by atoms with van der Waals surface area (Å²) in [6.45, 7) is 6.59. The van der Waals surface area contributed by atoms with E-state index < -0.39 is 71.3 Å². The summed E-state index contributed by atoms with van der Waals surface area (Å²) in [5, 5.41) is 21.8. The molecular weight excluding hydrogens is 700 g/mol. The van der Waals surface area contributed by atoms with Crippen LogP contribution in [0.5, 0.6) is 0 Å². The number of pyridine rings is 1. The smallest absolute Gasteiger partial charge is 0.292 e. The van der Waals surface area contributed by atoms with Gasteiger partial charge < -0.3 is 16.2 Å². The van der Waals surface area contributed by atoms with Gasteiger partial charge in [0.25, 0.3) is 12.3 Å². The highest BCUT2D eigenvalue weighted by Crippen LogP contribution is 2.54. The average molecular weight is 738 g/mol. The number of nitrogen functional groups attached to an aromatic ring is 1. The fraction of sp³-hybridized carbons (Fsp3) is 0.368. The normalized spacial score (nSPS) is 17.2. The van der Waals surface area contributed by atoms with Crippen molar-refractivity contribution in [1.29, 1.82) is 0 Å². The van der Waals surface area contributed by atoms with E-state index in [4.69, 9.17) is 10.7 Å².